The lowest BCUT2D eigenvalue weighted by molar-refractivity contribution is -0.133. The maximum atomic E-state index is 13.5. The largest absolute Gasteiger partial charge is 0.467 e. The smallest absolute Gasteiger partial charge is 0.322 e. The highest BCUT2D eigenvalue weighted by atomic mass is 35.5. The number of amides is 3. The summed E-state index contributed by atoms with van der Waals surface area (Å²) in [6.45, 7) is 3.09. The molecule has 36 heavy (non-hydrogen) atoms. The van der Waals surface area contributed by atoms with Crippen LogP contribution < -0.4 is 5.32 Å². The molecule has 4 rings (SSSR count). The molecule has 1 aromatic heterocycles. The summed E-state index contributed by atoms with van der Waals surface area (Å²) in [4.78, 5) is 29.8. The van der Waals surface area contributed by atoms with Gasteiger partial charge in [0.2, 0.25) is 5.91 Å². The first-order valence-electron chi connectivity index (χ1n) is 11.9. The predicted octanol–water partition coefficient (Wildman–Crippen LogP) is 5.62. The first-order chi connectivity index (χ1) is 17.4. The number of anilines is 1. The Balaban J connectivity index is 1.51. The van der Waals surface area contributed by atoms with Crippen molar-refractivity contribution in [3.8, 4) is 0 Å². The molecule has 1 fully saturated rings. The third-order valence-electron chi connectivity index (χ3n) is 6.05. The predicted molar refractivity (Wildman–Crippen MR) is 135 cm³/mol. The average molecular weight is 514 g/mol. The minimum Gasteiger partial charge on any atom is -0.467 e. The van der Waals surface area contributed by atoms with E-state index in [9.17, 15) is 14.0 Å². The maximum absolute atomic E-state index is 13.5. The van der Waals surface area contributed by atoms with Crippen molar-refractivity contribution in [1.82, 2.24) is 9.80 Å². The highest BCUT2D eigenvalue weighted by Crippen LogP contribution is 2.21. The van der Waals surface area contributed by atoms with E-state index in [2.05, 4.69) is 5.32 Å². The first-order valence-corrected chi connectivity index (χ1v) is 12.2. The van der Waals surface area contributed by atoms with E-state index in [1.165, 1.54) is 17.0 Å². The SMILES string of the molecule is Cc1ccc(NC(=O)N(CC(=O)N(Cc2ccc(F)cc2)Cc2ccco2)CC2CCCO2)cc1Cl. The zero-order valence-electron chi connectivity index (χ0n) is 20.1. The van der Waals surface area contributed by atoms with Crippen LogP contribution in [0.5, 0.6) is 0 Å². The van der Waals surface area contributed by atoms with Crippen LogP contribution in [0.15, 0.2) is 65.3 Å². The van der Waals surface area contributed by atoms with E-state index in [1.54, 1.807) is 47.6 Å². The Hall–Kier alpha value is -3.36. The number of furan rings is 1. The molecule has 0 saturated carbocycles. The zero-order valence-corrected chi connectivity index (χ0v) is 20.8. The number of ether oxygens (including phenoxy) is 1. The van der Waals surface area contributed by atoms with Crippen LogP contribution in [0.3, 0.4) is 0 Å². The third kappa shape index (κ3) is 7.08. The summed E-state index contributed by atoms with van der Waals surface area (Å²) < 4.78 is 24.6. The quantitative estimate of drug-likeness (QED) is 0.403. The topological polar surface area (TPSA) is 75.0 Å². The number of carbonyl (C=O) groups excluding carboxylic acids is 2. The van der Waals surface area contributed by atoms with Crippen molar-refractivity contribution in [2.24, 2.45) is 0 Å². The number of urea groups is 1. The number of nitrogens with zero attached hydrogens (tertiary/aromatic N) is 2. The normalized spacial score (nSPS) is 15.0. The molecule has 0 bridgehead atoms. The third-order valence-corrected chi connectivity index (χ3v) is 6.46. The second kappa shape index (κ2) is 12.1. The van der Waals surface area contributed by atoms with Gasteiger partial charge in [0, 0.05) is 30.4 Å². The summed E-state index contributed by atoms with van der Waals surface area (Å²) in [5.74, 6) is -0.0148. The van der Waals surface area contributed by atoms with Crippen LogP contribution in [-0.2, 0) is 22.6 Å². The number of hydrogen-bond acceptors (Lipinski definition) is 4. The molecule has 190 valence electrons. The van der Waals surface area contributed by atoms with Gasteiger partial charge in [0.1, 0.15) is 18.1 Å². The Kier molecular flexibility index (Phi) is 8.61. The van der Waals surface area contributed by atoms with Crippen LogP contribution in [0.1, 0.15) is 29.7 Å². The molecule has 0 aliphatic carbocycles. The Morgan fingerprint density at radius 1 is 1.11 bits per heavy atom. The maximum Gasteiger partial charge on any atom is 0.322 e. The fourth-order valence-electron chi connectivity index (χ4n) is 4.02. The van der Waals surface area contributed by atoms with Gasteiger partial charge in [-0.3, -0.25) is 4.79 Å². The molecule has 1 saturated heterocycles. The van der Waals surface area contributed by atoms with Crippen LogP contribution in [0.4, 0.5) is 14.9 Å². The van der Waals surface area contributed by atoms with Crippen LogP contribution in [0, 0.1) is 12.7 Å². The van der Waals surface area contributed by atoms with Gasteiger partial charge < -0.3 is 24.3 Å². The van der Waals surface area contributed by atoms with Crippen molar-refractivity contribution in [3.05, 3.63) is 88.6 Å². The molecular weight excluding hydrogens is 485 g/mol. The highest BCUT2D eigenvalue weighted by Gasteiger charge is 2.27. The van der Waals surface area contributed by atoms with Gasteiger partial charge in [-0.25, -0.2) is 9.18 Å². The van der Waals surface area contributed by atoms with Gasteiger partial charge in [0.05, 0.1) is 18.9 Å². The molecule has 1 aliphatic rings. The summed E-state index contributed by atoms with van der Waals surface area (Å²) in [5, 5.41) is 3.39. The van der Waals surface area contributed by atoms with E-state index in [0.29, 0.717) is 23.1 Å². The highest BCUT2D eigenvalue weighted by molar-refractivity contribution is 6.31. The van der Waals surface area contributed by atoms with Crippen molar-refractivity contribution in [2.75, 3.05) is 25.0 Å². The summed E-state index contributed by atoms with van der Waals surface area (Å²) in [6.07, 6.45) is 3.14. The van der Waals surface area contributed by atoms with Crippen molar-refractivity contribution in [3.63, 3.8) is 0 Å². The fraction of sp³-hybridized carbons (Fsp3) is 0.333. The number of benzene rings is 2. The Morgan fingerprint density at radius 2 is 1.92 bits per heavy atom. The van der Waals surface area contributed by atoms with Gasteiger partial charge in [-0.2, -0.15) is 0 Å². The van der Waals surface area contributed by atoms with E-state index >= 15 is 0 Å². The minimum atomic E-state index is -0.418. The molecular formula is C27H29ClFN3O4. The molecule has 1 unspecified atom stereocenters. The molecule has 1 aliphatic heterocycles. The van der Waals surface area contributed by atoms with E-state index in [0.717, 1.165) is 24.0 Å². The standard InChI is InChI=1S/C27H29ClFN3O4/c1-19-6-11-22(14-25(19)28)30-27(34)32(17-24-5-3-13-36-24)18-26(33)31(16-23-4-2-12-35-23)15-20-7-9-21(29)10-8-20/h2,4,6-12,14,24H,3,5,13,15-18H2,1H3,(H,30,34). The lowest BCUT2D eigenvalue weighted by atomic mass is 10.2. The number of nitrogens with one attached hydrogen (secondary N) is 1. The van der Waals surface area contributed by atoms with E-state index in [1.807, 2.05) is 13.0 Å². The monoisotopic (exact) mass is 513 g/mol. The molecule has 7 nitrogen and oxygen atoms in total. The molecule has 1 N–H and O–H groups in total. The minimum absolute atomic E-state index is 0.138. The van der Waals surface area contributed by atoms with Gasteiger partial charge in [-0.15, -0.1) is 0 Å². The van der Waals surface area contributed by atoms with Crippen molar-refractivity contribution in [2.45, 2.75) is 39.0 Å². The van der Waals surface area contributed by atoms with E-state index < -0.39 is 6.03 Å². The molecule has 1 atom stereocenters. The van der Waals surface area contributed by atoms with Gasteiger partial charge in [-0.05, 0) is 67.3 Å². The van der Waals surface area contributed by atoms with Crippen LogP contribution in [0.25, 0.3) is 0 Å². The molecule has 3 aromatic rings. The number of rotatable bonds is 9. The van der Waals surface area contributed by atoms with Crippen LogP contribution in [0.2, 0.25) is 5.02 Å². The van der Waals surface area contributed by atoms with Crippen molar-refractivity contribution in [1.29, 1.82) is 0 Å². The molecule has 0 radical (unpaired) electrons. The summed E-state index contributed by atoms with van der Waals surface area (Å²) in [6, 6.07) is 14.4. The van der Waals surface area contributed by atoms with Gasteiger partial charge >= 0.3 is 6.03 Å². The molecule has 2 heterocycles. The number of hydrogen-bond donors (Lipinski definition) is 1. The Morgan fingerprint density at radius 3 is 2.58 bits per heavy atom. The lowest BCUT2D eigenvalue weighted by Crippen LogP contribution is -2.46. The van der Waals surface area contributed by atoms with E-state index in [-0.39, 0.29) is 44.0 Å². The van der Waals surface area contributed by atoms with Crippen LogP contribution >= 0.6 is 11.6 Å². The fourth-order valence-corrected chi connectivity index (χ4v) is 4.20. The van der Waals surface area contributed by atoms with Crippen molar-refractivity contribution < 1.29 is 23.1 Å². The van der Waals surface area contributed by atoms with Gasteiger partial charge in [0.15, 0.2) is 0 Å². The Labute approximate surface area is 214 Å². The van der Waals surface area contributed by atoms with Gasteiger partial charge in [0.25, 0.3) is 0 Å². The first kappa shape index (κ1) is 25.7. The Bertz CT molecular complexity index is 1160. The zero-order chi connectivity index (χ0) is 25.5. The number of carbonyl (C=O) groups is 2. The molecule has 9 heteroatoms. The van der Waals surface area contributed by atoms with E-state index in [4.69, 9.17) is 20.8 Å². The second-order valence-electron chi connectivity index (χ2n) is 8.87. The second-order valence-corrected chi connectivity index (χ2v) is 9.27. The average Bonchev–Trinajstić information content (AvgIpc) is 3.56. The van der Waals surface area contributed by atoms with Crippen LogP contribution in [-0.4, -0.2) is 47.5 Å². The summed E-state index contributed by atoms with van der Waals surface area (Å²) in [7, 11) is 0. The lowest BCUT2D eigenvalue weighted by Gasteiger charge is -2.29. The molecule has 2 aromatic carbocycles. The van der Waals surface area contributed by atoms with Gasteiger partial charge in [-0.1, -0.05) is 29.8 Å². The summed E-state index contributed by atoms with van der Waals surface area (Å²) >= 11 is 6.22. The van der Waals surface area contributed by atoms with Crippen molar-refractivity contribution >= 4 is 29.2 Å². The number of halogens is 2. The number of aryl methyl sites for hydroxylation is 1. The molecule has 3 amide bonds. The summed E-state index contributed by atoms with van der Waals surface area (Å²) in [5.41, 5.74) is 2.20. The molecule has 0 spiro atoms.